The summed E-state index contributed by atoms with van der Waals surface area (Å²) in [6, 6.07) is -0.226. The normalized spacial score (nSPS) is 46.9. The highest BCUT2D eigenvalue weighted by Gasteiger charge is 2.49. The van der Waals surface area contributed by atoms with E-state index in [-0.39, 0.29) is 24.5 Å². The first-order chi connectivity index (χ1) is 18.5. The Morgan fingerprint density at radius 1 is 1.15 bits per heavy atom. The topological polar surface area (TPSA) is 153 Å². The number of likely N-dealkylation sites (N-methyl/N-ethyl adjacent to an activating group) is 1. The third kappa shape index (κ3) is 7.06. The number of fused-ring (bicyclic) bond motifs is 1. The van der Waals surface area contributed by atoms with Crippen LogP contribution in [0.3, 0.4) is 0 Å². The van der Waals surface area contributed by atoms with Gasteiger partial charge in [0, 0.05) is 17.9 Å². The second-order valence-corrected chi connectivity index (χ2v) is 12.8. The predicted molar refractivity (Wildman–Crippen MR) is 150 cm³/mol. The van der Waals surface area contributed by atoms with Crippen LogP contribution in [0.1, 0.15) is 67.7 Å². The molecule has 0 bridgehead atoms. The molecule has 0 aromatic rings. The maximum atomic E-state index is 13.2. The Balaban J connectivity index is 2.04. The van der Waals surface area contributed by atoms with Gasteiger partial charge in [0.2, 0.25) is 0 Å². The van der Waals surface area contributed by atoms with Crippen LogP contribution in [0.4, 0.5) is 0 Å². The molecule has 40 heavy (non-hydrogen) atoms. The molecular formula is C29H51N3O8. The molecule has 3 aliphatic heterocycles. The predicted octanol–water partition coefficient (Wildman–Crippen LogP) is 1.18. The summed E-state index contributed by atoms with van der Waals surface area (Å²) >= 11 is 0. The molecule has 11 nitrogen and oxygen atoms in total. The Hall–Kier alpha value is -1.60. The molecule has 1 saturated heterocycles. The Morgan fingerprint density at radius 2 is 1.80 bits per heavy atom. The van der Waals surface area contributed by atoms with Gasteiger partial charge in [-0.05, 0) is 72.7 Å². The van der Waals surface area contributed by atoms with Crippen LogP contribution in [0.15, 0.2) is 16.8 Å². The van der Waals surface area contributed by atoms with Crippen LogP contribution in [-0.2, 0) is 19.0 Å². The summed E-state index contributed by atoms with van der Waals surface area (Å²) in [6.07, 6.45) is -2.56. The van der Waals surface area contributed by atoms with E-state index in [0.717, 1.165) is 5.57 Å². The fraction of sp³-hybridized carbons (Fsp3) is 0.862. The number of ether oxygens (including phenoxy) is 3. The van der Waals surface area contributed by atoms with Gasteiger partial charge in [0.15, 0.2) is 6.29 Å². The largest absolute Gasteiger partial charge is 0.459 e. The number of hydrogen-bond acceptors (Lipinski definition) is 11. The van der Waals surface area contributed by atoms with Gasteiger partial charge in [-0.15, -0.1) is 0 Å². The van der Waals surface area contributed by atoms with Gasteiger partial charge in [0.1, 0.15) is 17.8 Å². The van der Waals surface area contributed by atoms with Crippen molar-refractivity contribution in [1.29, 1.82) is 0 Å². The average Bonchev–Trinajstić information content (AvgIpc) is 3.32. The maximum Gasteiger partial charge on any atom is 0.311 e. The molecule has 0 radical (unpaired) electrons. The Labute approximate surface area is 238 Å². The summed E-state index contributed by atoms with van der Waals surface area (Å²) in [6.45, 7) is 12.5. The smallest absolute Gasteiger partial charge is 0.311 e. The summed E-state index contributed by atoms with van der Waals surface area (Å²) in [5, 5.41) is 50.3. The van der Waals surface area contributed by atoms with Gasteiger partial charge in [-0.1, -0.05) is 20.8 Å². The molecule has 1 unspecified atom stereocenters. The van der Waals surface area contributed by atoms with Gasteiger partial charge in [-0.25, -0.2) is 0 Å². The van der Waals surface area contributed by atoms with Crippen molar-refractivity contribution in [2.75, 3.05) is 20.6 Å². The zero-order valence-corrected chi connectivity index (χ0v) is 25.5. The lowest BCUT2D eigenvalue weighted by Crippen LogP contribution is -2.59. The van der Waals surface area contributed by atoms with Crippen LogP contribution in [0.2, 0.25) is 0 Å². The van der Waals surface area contributed by atoms with Crippen molar-refractivity contribution < 1.29 is 39.4 Å². The van der Waals surface area contributed by atoms with Gasteiger partial charge in [-0.3, -0.25) is 4.79 Å². The minimum absolute atomic E-state index is 0.195. The summed E-state index contributed by atoms with van der Waals surface area (Å²) in [5.74, 6) is -2.68. The van der Waals surface area contributed by atoms with Crippen LogP contribution in [-0.4, -0.2) is 112 Å². The molecule has 0 aromatic heterocycles. The van der Waals surface area contributed by atoms with Gasteiger partial charge in [0.25, 0.3) is 0 Å². The lowest BCUT2D eigenvalue weighted by molar-refractivity contribution is -0.298. The lowest BCUT2D eigenvalue weighted by atomic mass is 9.76. The number of aliphatic hydroxyl groups is 4. The highest BCUT2D eigenvalue weighted by molar-refractivity contribution is 6.03. The minimum Gasteiger partial charge on any atom is -0.459 e. The number of rotatable bonds is 4. The van der Waals surface area contributed by atoms with E-state index < -0.39 is 59.7 Å². The minimum atomic E-state index is -1.53. The van der Waals surface area contributed by atoms with Crippen molar-refractivity contribution in [3.63, 3.8) is 0 Å². The fourth-order valence-electron chi connectivity index (χ4n) is 6.48. The van der Waals surface area contributed by atoms with Crippen LogP contribution >= 0.6 is 0 Å². The zero-order chi connectivity index (χ0) is 30.2. The van der Waals surface area contributed by atoms with E-state index in [1.54, 1.807) is 33.8 Å². The Bertz CT molecular complexity index is 952. The molecule has 5 N–H and O–H groups in total. The highest BCUT2D eigenvalue weighted by Crippen LogP contribution is 2.37. The van der Waals surface area contributed by atoms with E-state index in [0.29, 0.717) is 25.1 Å². The van der Waals surface area contributed by atoms with Crippen molar-refractivity contribution >= 4 is 11.7 Å². The molecule has 12 atom stereocenters. The van der Waals surface area contributed by atoms with E-state index in [2.05, 4.69) is 10.5 Å². The van der Waals surface area contributed by atoms with Crippen molar-refractivity contribution in [3.05, 3.63) is 11.6 Å². The number of cyclic esters (lactones) is 1. The number of carbonyl (C=O) groups is 1. The molecule has 0 aliphatic carbocycles. The zero-order valence-electron chi connectivity index (χ0n) is 25.5. The molecule has 0 aromatic carbocycles. The van der Waals surface area contributed by atoms with Crippen molar-refractivity contribution in [1.82, 2.24) is 10.3 Å². The van der Waals surface area contributed by atoms with Crippen molar-refractivity contribution in [3.8, 4) is 0 Å². The summed E-state index contributed by atoms with van der Waals surface area (Å²) < 4.78 is 18.2. The van der Waals surface area contributed by atoms with Crippen molar-refractivity contribution in [2.45, 2.75) is 122 Å². The van der Waals surface area contributed by atoms with E-state index >= 15 is 0 Å². The number of nitrogens with zero attached hydrogens (tertiary/aromatic N) is 2. The summed E-state index contributed by atoms with van der Waals surface area (Å²) in [7, 11) is 3.76. The molecule has 3 rings (SSSR count). The van der Waals surface area contributed by atoms with Gasteiger partial charge >= 0.3 is 5.97 Å². The van der Waals surface area contributed by atoms with Crippen LogP contribution in [0.5, 0.6) is 0 Å². The van der Waals surface area contributed by atoms with Crippen LogP contribution in [0.25, 0.3) is 0 Å². The first-order valence-electron chi connectivity index (χ1n) is 14.5. The first kappa shape index (κ1) is 32.9. The molecule has 1 fully saturated rings. The second-order valence-electron chi connectivity index (χ2n) is 12.8. The number of carbonyl (C=O) groups excluding carboxylic acids is 1. The molecule has 230 valence electrons. The van der Waals surface area contributed by atoms with Crippen LogP contribution < -0.4 is 5.43 Å². The van der Waals surface area contributed by atoms with E-state index in [9.17, 15) is 25.2 Å². The van der Waals surface area contributed by atoms with E-state index in [1.165, 1.54) is 0 Å². The number of hydrogen-bond donors (Lipinski definition) is 5. The molecule has 0 saturated carbocycles. The second kappa shape index (κ2) is 12.7. The Kier molecular flexibility index (Phi) is 10.5. The lowest BCUT2D eigenvalue weighted by Gasteiger charge is -2.46. The molecule has 3 aliphatic rings. The van der Waals surface area contributed by atoms with Gasteiger partial charge in [-0.2, -0.15) is 5.10 Å². The highest BCUT2D eigenvalue weighted by atomic mass is 16.7. The number of nitrogens with one attached hydrogen (secondary N) is 1. The van der Waals surface area contributed by atoms with E-state index in [1.807, 2.05) is 39.8 Å². The SMILES string of the molecule is CC[C@H]1OC(=O)[C@H](C)[C@@H](O)[C@H](C)[C@@H](OC2O[C@H](C)C[C@H](N(C)C)[C@H]2O)[C@@](C)(O)C[C@@H](C)C2=NNC/C2=C\[C@]1(C)O. The number of esters is 1. The van der Waals surface area contributed by atoms with Crippen molar-refractivity contribution in [2.24, 2.45) is 22.9 Å². The summed E-state index contributed by atoms with van der Waals surface area (Å²) in [4.78, 5) is 15.1. The third-order valence-corrected chi connectivity index (χ3v) is 8.80. The monoisotopic (exact) mass is 569 g/mol. The molecule has 3 heterocycles. The molecule has 0 spiro atoms. The first-order valence-corrected chi connectivity index (χ1v) is 14.5. The van der Waals surface area contributed by atoms with Gasteiger partial charge < -0.3 is 45.0 Å². The number of hydrazone groups is 1. The average molecular weight is 570 g/mol. The molecule has 11 heteroatoms. The fourth-order valence-corrected chi connectivity index (χ4v) is 6.48. The Morgan fingerprint density at radius 3 is 2.40 bits per heavy atom. The standard InChI is InChI=1S/C29H51N3O8/c1-10-21-28(6,36)13-19-14-30-31-22(19)15(2)12-29(7,37)25(17(4)23(33)18(5)26(35)39-21)40-27-24(34)20(32(8)9)11-16(3)38-27/h13,15-18,20-21,23-25,27,30,33-34,36-37H,10-12,14H2,1-9H3/b19-13+/t15-,16-,17+,18-,20+,21-,23+,24-,25-,27?,28+,29+/m1/s1. The molecule has 0 amide bonds. The number of aliphatic hydroxyl groups excluding tert-OH is 2. The van der Waals surface area contributed by atoms with E-state index in [4.69, 9.17) is 14.2 Å². The maximum absolute atomic E-state index is 13.2. The third-order valence-electron chi connectivity index (χ3n) is 8.80. The molecular weight excluding hydrogens is 518 g/mol. The van der Waals surface area contributed by atoms with Gasteiger partial charge in [0.05, 0.1) is 42.1 Å². The summed E-state index contributed by atoms with van der Waals surface area (Å²) in [5.41, 5.74) is 1.39. The van der Waals surface area contributed by atoms with Crippen LogP contribution in [0, 0.1) is 17.8 Å². The quantitative estimate of drug-likeness (QED) is 0.312.